The first-order chi connectivity index (χ1) is 18.1. The van der Waals surface area contributed by atoms with Crippen LogP contribution in [0.4, 0.5) is 10.1 Å². The van der Waals surface area contributed by atoms with Gasteiger partial charge >= 0.3 is 0 Å². The van der Waals surface area contributed by atoms with Crippen molar-refractivity contribution in [2.45, 2.75) is 31.3 Å². The fourth-order valence-electron chi connectivity index (χ4n) is 3.77. The van der Waals surface area contributed by atoms with E-state index in [2.05, 4.69) is 5.32 Å². The number of anilines is 1. The van der Waals surface area contributed by atoms with Gasteiger partial charge in [-0.25, -0.2) is 12.8 Å². The van der Waals surface area contributed by atoms with Crippen LogP contribution in [0, 0.1) is 5.82 Å². The lowest BCUT2D eigenvalue weighted by atomic mass is 10.1. The second kappa shape index (κ2) is 12.7. The number of amides is 2. The van der Waals surface area contributed by atoms with Crippen molar-refractivity contribution >= 4 is 39.1 Å². The molecule has 0 saturated heterocycles. The van der Waals surface area contributed by atoms with Gasteiger partial charge in [-0.1, -0.05) is 48.0 Å². The van der Waals surface area contributed by atoms with Gasteiger partial charge in [0.05, 0.1) is 22.7 Å². The molecule has 0 aliphatic rings. The molecule has 0 saturated carbocycles. The standard InChI is InChI=1S/C27H29ClFN3O5S/c1-4-30-27(34)19(2)31(17-20-10-8-9-13-24(20)29)26(33)18-32(21-14-15-25(37-3)23(28)16-21)38(35,36)22-11-6-5-7-12-22/h5-16,19H,4,17-18H2,1-3H3,(H,30,34)/t19-/m1/s1. The first kappa shape index (κ1) is 28.9. The number of hydrogen-bond acceptors (Lipinski definition) is 5. The molecule has 3 aromatic carbocycles. The minimum absolute atomic E-state index is 0.0443. The summed E-state index contributed by atoms with van der Waals surface area (Å²) in [6, 6.07) is 16.8. The largest absolute Gasteiger partial charge is 0.495 e. The van der Waals surface area contributed by atoms with Crippen LogP contribution in [0.25, 0.3) is 0 Å². The van der Waals surface area contributed by atoms with E-state index in [0.717, 1.165) is 9.21 Å². The molecule has 0 radical (unpaired) electrons. The maximum atomic E-state index is 14.5. The summed E-state index contributed by atoms with van der Waals surface area (Å²) in [6.45, 7) is 2.65. The van der Waals surface area contributed by atoms with Gasteiger partial charge in [0.1, 0.15) is 24.2 Å². The summed E-state index contributed by atoms with van der Waals surface area (Å²) in [5.41, 5.74) is 0.298. The van der Waals surface area contributed by atoms with Crippen molar-refractivity contribution in [3.8, 4) is 5.75 Å². The molecule has 11 heteroatoms. The lowest BCUT2D eigenvalue weighted by molar-refractivity contribution is -0.139. The van der Waals surface area contributed by atoms with Crippen LogP contribution in [-0.4, -0.2) is 51.4 Å². The molecule has 0 aliphatic heterocycles. The van der Waals surface area contributed by atoms with Gasteiger partial charge in [-0.2, -0.15) is 0 Å². The van der Waals surface area contributed by atoms with E-state index in [1.54, 1.807) is 31.2 Å². The van der Waals surface area contributed by atoms with Gasteiger partial charge in [0.25, 0.3) is 10.0 Å². The van der Waals surface area contributed by atoms with E-state index in [0.29, 0.717) is 12.3 Å². The van der Waals surface area contributed by atoms with Crippen LogP contribution in [0.3, 0.4) is 0 Å². The van der Waals surface area contributed by atoms with E-state index >= 15 is 0 Å². The smallest absolute Gasteiger partial charge is 0.264 e. The molecule has 0 fully saturated rings. The zero-order valence-corrected chi connectivity index (χ0v) is 22.8. The predicted molar refractivity (Wildman–Crippen MR) is 144 cm³/mol. The summed E-state index contributed by atoms with van der Waals surface area (Å²) in [7, 11) is -2.82. The molecule has 0 heterocycles. The van der Waals surface area contributed by atoms with E-state index in [9.17, 15) is 22.4 Å². The highest BCUT2D eigenvalue weighted by Crippen LogP contribution is 2.32. The van der Waals surface area contributed by atoms with Crippen LogP contribution in [0.1, 0.15) is 19.4 Å². The second-order valence-electron chi connectivity index (χ2n) is 8.33. The van der Waals surface area contributed by atoms with Gasteiger partial charge < -0.3 is 15.0 Å². The summed E-state index contributed by atoms with van der Waals surface area (Å²) < 4.78 is 48.0. The topological polar surface area (TPSA) is 96.0 Å². The maximum absolute atomic E-state index is 14.5. The minimum atomic E-state index is -4.24. The average molecular weight is 562 g/mol. The van der Waals surface area contributed by atoms with E-state index < -0.39 is 40.2 Å². The summed E-state index contributed by atoms with van der Waals surface area (Å²) in [4.78, 5) is 27.5. The monoisotopic (exact) mass is 561 g/mol. The lowest BCUT2D eigenvalue weighted by Gasteiger charge is -2.32. The fourth-order valence-corrected chi connectivity index (χ4v) is 5.45. The number of sulfonamides is 1. The number of hydrogen-bond donors (Lipinski definition) is 1. The van der Waals surface area contributed by atoms with Crippen LogP contribution in [0.5, 0.6) is 5.75 Å². The Labute approximate surface area is 227 Å². The molecule has 0 aliphatic carbocycles. The number of rotatable bonds is 11. The Hall–Kier alpha value is -3.63. The summed E-state index contributed by atoms with van der Waals surface area (Å²) in [5.74, 6) is -1.39. The Balaban J connectivity index is 2.06. The van der Waals surface area contributed by atoms with E-state index in [1.165, 1.54) is 62.6 Å². The van der Waals surface area contributed by atoms with E-state index in [4.69, 9.17) is 16.3 Å². The number of benzene rings is 3. The van der Waals surface area contributed by atoms with Crippen molar-refractivity contribution in [3.63, 3.8) is 0 Å². The highest BCUT2D eigenvalue weighted by atomic mass is 35.5. The third-order valence-electron chi connectivity index (χ3n) is 5.85. The van der Waals surface area contributed by atoms with Crippen molar-refractivity contribution in [3.05, 3.63) is 89.2 Å². The quantitative estimate of drug-likeness (QED) is 0.378. The Kier molecular flexibility index (Phi) is 9.71. The predicted octanol–water partition coefficient (Wildman–Crippen LogP) is 4.24. The number of likely N-dealkylation sites (N-methyl/N-ethyl adjacent to an activating group) is 1. The molecular formula is C27H29ClFN3O5S. The van der Waals surface area contributed by atoms with Gasteiger partial charge in [0.2, 0.25) is 11.8 Å². The van der Waals surface area contributed by atoms with Crippen molar-refractivity contribution in [2.24, 2.45) is 0 Å². The molecule has 0 aromatic heterocycles. The number of ether oxygens (including phenoxy) is 1. The van der Waals surface area contributed by atoms with Gasteiger partial charge in [-0.3, -0.25) is 13.9 Å². The van der Waals surface area contributed by atoms with Crippen molar-refractivity contribution in [1.29, 1.82) is 0 Å². The van der Waals surface area contributed by atoms with Crippen molar-refractivity contribution < 1.29 is 27.1 Å². The average Bonchev–Trinajstić information content (AvgIpc) is 2.91. The highest BCUT2D eigenvalue weighted by Gasteiger charge is 2.33. The molecule has 0 unspecified atom stereocenters. The van der Waals surface area contributed by atoms with Crippen molar-refractivity contribution in [1.82, 2.24) is 10.2 Å². The van der Waals surface area contributed by atoms with Crippen LogP contribution in [0.2, 0.25) is 5.02 Å². The molecule has 0 spiro atoms. The third-order valence-corrected chi connectivity index (χ3v) is 7.93. The molecule has 3 aromatic rings. The number of nitrogens with one attached hydrogen (secondary N) is 1. The highest BCUT2D eigenvalue weighted by molar-refractivity contribution is 7.92. The number of halogens is 2. The van der Waals surface area contributed by atoms with Crippen LogP contribution < -0.4 is 14.4 Å². The SMILES string of the molecule is CCNC(=O)[C@@H](C)N(Cc1ccccc1F)C(=O)CN(c1ccc(OC)c(Cl)c1)S(=O)(=O)c1ccccc1. The molecular weight excluding hydrogens is 533 g/mol. The molecule has 1 atom stereocenters. The van der Waals surface area contributed by atoms with E-state index in [-0.39, 0.29) is 27.7 Å². The first-order valence-corrected chi connectivity index (χ1v) is 13.6. The summed E-state index contributed by atoms with van der Waals surface area (Å²) in [6.07, 6.45) is 0. The lowest BCUT2D eigenvalue weighted by Crippen LogP contribution is -2.51. The number of carbonyl (C=O) groups excluding carboxylic acids is 2. The normalized spacial score (nSPS) is 11.9. The summed E-state index contributed by atoms with van der Waals surface area (Å²) in [5, 5.41) is 2.80. The molecule has 2 amide bonds. The van der Waals surface area contributed by atoms with Gasteiger partial charge in [0.15, 0.2) is 0 Å². The fraction of sp³-hybridized carbons (Fsp3) is 0.259. The van der Waals surface area contributed by atoms with Gasteiger partial charge in [0, 0.05) is 18.7 Å². The molecule has 3 rings (SSSR count). The zero-order valence-electron chi connectivity index (χ0n) is 21.2. The van der Waals surface area contributed by atoms with Crippen LogP contribution in [-0.2, 0) is 26.2 Å². The van der Waals surface area contributed by atoms with Gasteiger partial charge in [-0.15, -0.1) is 0 Å². The third kappa shape index (κ3) is 6.62. The number of carbonyl (C=O) groups is 2. The van der Waals surface area contributed by atoms with Crippen LogP contribution in [0.15, 0.2) is 77.7 Å². The Morgan fingerprint density at radius 1 is 1.05 bits per heavy atom. The first-order valence-electron chi connectivity index (χ1n) is 11.8. The maximum Gasteiger partial charge on any atom is 0.264 e. The Bertz CT molecular complexity index is 1390. The molecule has 38 heavy (non-hydrogen) atoms. The molecule has 1 N–H and O–H groups in total. The van der Waals surface area contributed by atoms with Gasteiger partial charge in [-0.05, 0) is 50.2 Å². The number of nitrogens with zero attached hydrogens (tertiary/aromatic N) is 2. The number of methoxy groups -OCH3 is 1. The molecule has 0 bridgehead atoms. The van der Waals surface area contributed by atoms with Crippen LogP contribution >= 0.6 is 11.6 Å². The minimum Gasteiger partial charge on any atom is -0.495 e. The van der Waals surface area contributed by atoms with E-state index in [1.807, 2.05) is 0 Å². The second-order valence-corrected chi connectivity index (χ2v) is 10.6. The Morgan fingerprint density at radius 3 is 2.32 bits per heavy atom. The Morgan fingerprint density at radius 2 is 1.71 bits per heavy atom. The molecule has 8 nitrogen and oxygen atoms in total. The summed E-state index contributed by atoms with van der Waals surface area (Å²) >= 11 is 6.28. The van der Waals surface area contributed by atoms with Crippen molar-refractivity contribution in [2.75, 3.05) is 24.5 Å². The molecule has 202 valence electrons. The zero-order chi connectivity index (χ0) is 27.9.